The fraction of sp³-hybridized carbons (Fsp3) is 0.0714. The van der Waals surface area contributed by atoms with Gasteiger partial charge in [0.2, 0.25) is 0 Å². The van der Waals surface area contributed by atoms with Gasteiger partial charge in [-0.3, -0.25) is 4.79 Å². The van der Waals surface area contributed by atoms with Crippen LogP contribution in [0.5, 0.6) is 0 Å². The lowest BCUT2D eigenvalue weighted by Crippen LogP contribution is -2.05. The molecule has 0 unspecified atom stereocenters. The number of ketones is 1. The Hall–Kier alpha value is -1.20. The summed E-state index contributed by atoms with van der Waals surface area (Å²) in [6.45, 7) is 0. The second-order valence-electron chi connectivity index (χ2n) is 3.79. The number of thioether (sulfide) groups is 1. The van der Waals surface area contributed by atoms with E-state index in [0.717, 1.165) is 21.5 Å². The maximum Gasteiger partial charge on any atom is 0.176 e. The van der Waals surface area contributed by atoms with Crippen LogP contribution in [0.15, 0.2) is 51.8 Å². The Kier molecular flexibility index (Phi) is 4.71. The van der Waals surface area contributed by atoms with E-state index in [2.05, 4.69) is 15.9 Å². The van der Waals surface area contributed by atoms with Crippen molar-refractivity contribution in [2.75, 3.05) is 5.75 Å². The van der Waals surface area contributed by atoms with Crippen molar-refractivity contribution in [3.63, 3.8) is 0 Å². The number of carbonyl (C=O) groups excluding carboxylic acids is 1. The zero-order valence-electron chi connectivity index (χ0n) is 9.70. The minimum absolute atomic E-state index is 0.0778. The maximum absolute atomic E-state index is 13.4. The Balaban J connectivity index is 2.03. The minimum atomic E-state index is -0.818. The number of hydrogen-bond acceptors (Lipinski definition) is 2. The van der Waals surface area contributed by atoms with Crippen LogP contribution in [0.2, 0.25) is 0 Å². The van der Waals surface area contributed by atoms with Crippen molar-refractivity contribution in [2.24, 2.45) is 0 Å². The van der Waals surface area contributed by atoms with Gasteiger partial charge in [-0.15, -0.1) is 11.8 Å². The van der Waals surface area contributed by atoms with E-state index in [4.69, 9.17) is 0 Å². The molecule has 0 atom stereocenters. The molecule has 0 saturated carbocycles. The molecule has 19 heavy (non-hydrogen) atoms. The molecule has 98 valence electrons. The molecule has 0 spiro atoms. The lowest BCUT2D eigenvalue weighted by atomic mass is 10.1. The van der Waals surface area contributed by atoms with Gasteiger partial charge in [-0.2, -0.15) is 0 Å². The molecular formula is C14H9BrF2OS. The number of carbonyl (C=O) groups is 1. The number of rotatable bonds is 4. The van der Waals surface area contributed by atoms with Crippen LogP contribution in [-0.2, 0) is 0 Å². The molecule has 0 bridgehead atoms. The standard InChI is InChI=1S/C14H9BrF2OS/c15-9-1-4-11(5-2-9)19-8-14(18)12-6-3-10(16)7-13(12)17/h1-7H,8H2. The second-order valence-corrected chi connectivity index (χ2v) is 5.75. The van der Waals surface area contributed by atoms with Gasteiger partial charge in [0.1, 0.15) is 11.6 Å². The van der Waals surface area contributed by atoms with E-state index in [0.29, 0.717) is 0 Å². The zero-order chi connectivity index (χ0) is 13.8. The Morgan fingerprint density at radius 2 is 1.79 bits per heavy atom. The predicted octanol–water partition coefficient (Wildman–Crippen LogP) is 4.70. The van der Waals surface area contributed by atoms with Crippen LogP contribution in [0.25, 0.3) is 0 Å². The highest BCUT2D eigenvalue weighted by Gasteiger charge is 2.12. The third kappa shape index (κ3) is 3.88. The molecule has 0 amide bonds. The summed E-state index contributed by atoms with van der Waals surface area (Å²) in [6.07, 6.45) is 0. The van der Waals surface area contributed by atoms with E-state index in [-0.39, 0.29) is 17.1 Å². The fourth-order valence-corrected chi connectivity index (χ4v) is 2.52. The normalized spacial score (nSPS) is 10.5. The van der Waals surface area contributed by atoms with Gasteiger partial charge in [0.05, 0.1) is 11.3 Å². The average Bonchev–Trinajstić information content (AvgIpc) is 2.37. The molecule has 2 rings (SSSR count). The highest BCUT2D eigenvalue weighted by molar-refractivity contribution is 9.10. The second kappa shape index (κ2) is 6.30. The van der Waals surface area contributed by atoms with Gasteiger partial charge in [0.25, 0.3) is 0 Å². The summed E-state index contributed by atoms with van der Waals surface area (Å²) < 4.78 is 27.1. The topological polar surface area (TPSA) is 17.1 Å². The molecule has 0 aliphatic rings. The van der Waals surface area contributed by atoms with Gasteiger partial charge in [-0.1, -0.05) is 15.9 Å². The summed E-state index contributed by atoms with van der Waals surface area (Å²) in [5.41, 5.74) is -0.0778. The Morgan fingerprint density at radius 3 is 2.42 bits per heavy atom. The van der Waals surface area contributed by atoms with Crippen molar-refractivity contribution in [2.45, 2.75) is 4.90 Å². The molecule has 0 fully saturated rings. The fourth-order valence-electron chi connectivity index (χ4n) is 1.47. The van der Waals surface area contributed by atoms with Gasteiger partial charge in [-0.25, -0.2) is 8.78 Å². The minimum Gasteiger partial charge on any atom is -0.293 e. The van der Waals surface area contributed by atoms with Crippen molar-refractivity contribution in [3.8, 4) is 0 Å². The zero-order valence-corrected chi connectivity index (χ0v) is 12.1. The summed E-state index contributed by atoms with van der Waals surface area (Å²) >= 11 is 4.63. The van der Waals surface area contributed by atoms with E-state index in [1.54, 1.807) is 0 Å². The van der Waals surface area contributed by atoms with Crippen molar-refractivity contribution in [3.05, 3.63) is 64.1 Å². The molecule has 0 aliphatic carbocycles. The average molecular weight is 343 g/mol. The summed E-state index contributed by atoms with van der Waals surface area (Å²) in [4.78, 5) is 12.7. The molecule has 2 aromatic rings. The van der Waals surface area contributed by atoms with E-state index < -0.39 is 11.6 Å². The lowest BCUT2D eigenvalue weighted by Gasteiger charge is -2.03. The van der Waals surface area contributed by atoms with Gasteiger partial charge in [0.15, 0.2) is 5.78 Å². The Bertz CT molecular complexity index is 599. The lowest BCUT2D eigenvalue weighted by molar-refractivity contribution is 0.101. The first-order chi connectivity index (χ1) is 9.06. The van der Waals surface area contributed by atoms with E-state index in [1.807, 2.05) is 24.3 Å². The van der Waals surface area contributed by atoms with Gasteiger partial charge in [-0.05, 0) is 36.4 Å². The Morgan fingerprint density at radius 1 is 1.11 bits per heavy atom. The molecule has 0 aromatic heterocycles. The van der Waals surface area contributed by atoms with Gasteiger partial charge in [0, 0.05) is 15.4 Å². The monoisotopic (exact) mass is 342 g/mol. The van der Waals surface area contributed by atoms with Crippen LogP contribution in [-0.4, -0.2) is 11.5 Å². The molecule has 2 aromatic carbocycles. The molecular weight excluding hydrogens is 334 g/mol. The van der Waals surface area contributed by atoms with Crippen LogP contribution in [0.1, 0.15) is 10.4 Å². The molecule has 0 saturated heterocycles. The van der Waals surface area contributed by atoms with Crippen molar-refractivity contribution in [1.29, 1.82) is 0 Å². The number of halogens is 3. The summed E-state index contributed by atoms with van der Waals surface area (Å²) in [5.74, 6) is -1.74. The van der Waals surface area contributed by atoms with Crippen LogP contribution in [0.4, 0.5) is 8.78 Å². The first kappa shape index (κ1) is 14.2. The molecule has 5 heteroatoms. The molecule has 1 nitrogen and oxygen atoms in total. The molecule has 0 radical (unpaired) electrons. The quantitative estimate of drug-likeness (QED) is 0.591. The predicted molar refractivity (Wildman–Crippen MR) is 75.6 cm³/mol. The summed E-state index contributed by atoms with van der Waals surface area (Å²) in [7, 11) is 0. The largest absolute Gasteiger partial charge is 0.293 e. The van der Waals surface area contributed by atoms with Gasteiger partial charge < -0.3 is 0 Å². The van der Waals surface area contributed by atoms with Crippen LogP contribution in [0.3, 0.4) is 0 Å². The highest BCUT2D eigenvalue weighted by atomic mass is 79.9. The van der Waals surface area contributed by atoms with Crippen molar-refractivity contribution < 1.29 is 13.6 Å². The van der Waals surface area contributed by atoms with E-state index >= 15 is 0 Å². The van der Waals surface area contributed by atoms with Crippen LogP contribution < -0.4 is 0 Å². The summed E-state index contributed by atoms with van der Waals surface area (Å²) in [6, 6.07) is 10.4. The SMILES string of the molecule is O=C(CSc1ccc(Br)cc1)c1ccc(F)cc1F. The maximum atomic E-state index is 13.4. The Labute approximate surface area is 122 Å². The number of Topliss-reactive ketones (excluding diaryl/α,β-unsaturated/α-hetero) is 1. The molecule has 0 heterocycles. The number of benzene rings is 2. The smallest absolute Gasteiger partial charge is 0.176 e. The first-order valence-corrected chi connectivity index (χ1v) is 7.21. The first-order valence-electron chi connectivity index (χ1n) is 5.43. The molecule has 0 aliphatic heterocycles. The van der Waals surface area contributed by atoms with Crippen LogP contribution >= 0.6 is 27.7 Å². The van der Waals surface area contributed by atoms with E-state index in [1.165, 1.54) is 17.8 Å². The van der Waals surface area contributed by atoms with Crippen molar-refractivity contribution >= 4 is 33.5 Å². The third-order valence-electron chi connectivity index (χ3n) is 2.42. The molecule has 0 N–H and O–H groups in total. The summed E-state index contributed by atoms with van der Waals surface area (Å²) in [5, 5.41) is 0. The number of hydrogen-bond donors (Lipinski definition) is 0. The van der Waals surface area contributed by atoms with Crippen LogP contribution in [0, 0.1) is 11.6 Å². The van der Waals surface area contributed by atoms with Gasteiger partial charge >= 0.3 is 0 Å². The van der Waals surface area contributed by atoms with E-state index in [9.17, 15) is 13.6 Å². The third-order valence-corrected chi connectivity index (χ3v) is 3.96. The highest BCUT2D eigenvalue weighted by Crippen LogP contribution is 2.22. The van der Waals surface area contributed by atoms with Crippen molar-refractivity contribution in [1.82, 2.24) is 0 Å².